The van der Waals surface area contributed by atoms with Crippen LogP contribution in [0.4, 0.5) is 5.69 Å². The van der Waals surface area contributed by atoms with Crippen LogP contribution in [-0.4, -0.2) is 14.7 Å². The van der Waals surface area contributed by atoms with E-state index in [2.05, 4.69) is 21.0 Å². The lowest BCUT2D eigenvalue weighted by Crippen LogP contribution is -1.99. The molecule has 0 saturated heterocycles. The number of nitrogens with zero attached hydrogens (tertiary/aromatic N) is 3. The predicted molar refractivity (Wildman–Crippen MR) is 83.2 cm³/mol. The molecule has 0 radical (unpaired) electrons. The van der Waals surface area contributed by atoms with Crippen LogP contribution in [0.15, 0.2) is 12.1 Å². The molecule has 21 heavy (non-hydrogen) atoms. The highest BCUT2D eigenvalue weighted by Crippen LogP contribution is 2.33. The summed E-state index contributed by atoms with van der Waals surface area (Å²) in [5.41, 5.74) is 3.24. The lowest BCUT2D eigenvalue weighted by Gasteiger charge is -2.11. The summed E-state index contributed by atoms with van der Waals surface area (Å²) in [4.78, 5) is 10.6. The van der Waals surface area contributed by atoms with Crippen molar-refractivity contribution in [3.8, 4) is 11.6 Å². The Balaban J connectivity index is 2.46. The Kier molecular flexibility index (Phi) is 4.32. The van der Waals surface area contributed by atoms with Gasteiger partial charge < -0.3 is 4.74 Å². The van der Waals surface area contributed by atoms with Gasteiger partial charge in [0.1, 0.15) is 5.75 Å². The lowest BCUT2D eigenvalue weighted by atomic mass is 10.1. The maximum Gasteiger partial charge on any atom is 0.272 e. The molecule has 0 fully saturated rings. The standard InChI is InChI=1S/C14H16BrN3O3/c1-8-6-13(9(2)5-12(8)18(19)20)21-14-11(7-15)10(3)16-17(14)4/h5-6H,7H2,1-4H3. The second-order valence-corrected chi connectivity index (χ2v) is 5.45. The van der Waals surface area contributed by atoms with Crippen molar-refractivity contribution in [1.29, 1.82) is 0 Å². The molecular weight excluding hydrogens is 338 g/mol. The highest BCUT2D eigenvalue weighted by molar-refractivity contribution is 9.08. The SMILES string of the molecule is Cc1cc([N+](=O)[O-])c(C)cc1Oc1c(CBr)c(C)nn1C. The summed E-state index contributed by atoms with van der Waals surface area (Å²) >= 11 is 3.43. The van der Waals surface area contributed by atoms with Gasteiger partial charge in [-0.25, -0.2) is 4.68 Å². The number of halogens is 1. The maximum atomic E-state index is 10.9. The van der Waals surface area contributed by atoms with E-state index in [9.17, 15) is 10.1 Å². The lowest BCUT2D eigenvalue weighted by molar-refractivity contribution is -0.385. The van der Waals surface area contributed by atoms with Gasteiger partial charge in [0.2, 0.25) is 5.88 Å². The average Bonchev–Trinajstić information content (AvgIpc) is 2.67. The second kappa shape index (κ2) is 5.85. The molecule has 0 aliphatic carbocycles. The van der Waals surface area contributed by atoms with Crippen molar-refractivity contribution in [2.45, 2.75) is 26.1 Å². The molecule has 6 nitrogen and oxygen atoms in total. The van der Waals surface area contributed by atoms with Gasteiger partial charge in [-0.2, -0.15) is 5.10 Å². The van der Waals surface area contributed by atoms with Crippen LogP contribution in [0.2, 0.25) is 0 Å². The van der Waals surface area contributed by atoms with E-state index in [0.29, 0.717) is 28.1 Å². The smallest absolute Gasteiger partial charge is 0.272 e. The summed E-state index contributed by atoms with van der Waals surface area (Å²) < 4.78 is 7.61. The number of benzene rings is 1. The van der Waals surface area contributed by atoms with E-state index in [0.717, 1.165) is 11.3 Å². The van der Waals surface area contributed by atoms with E-state index in [4.69, 9.17) is 4.74 Å². The number of nitro groups is 1. The van der Waals surface area contributed by atoms with Crippen LogP contribution in [0, 0.1) is 30.9 Å². The molecule has 0 N–H and O–H groups in total. The molecule has 0 atom stereocenters. The molecule has 1 aromatic carbocycles. The van der Waals surface area contributed by atoms with Gasteiger partial charge in [0.15, 0.2) is 0 Å². The molecule has 0 unspecified atom stereocenters. The Morgan fingerprint density at radius 3 is 2.57 bits per heavy atom. The molecule has 2 aromatic rings. The van der Waals surface area contributed by atoms with E-state index in [-0.39, 0.29) is 10.6 Å². The number of rotatable bonds is 4. The van der Waals surface area contributed by atoms with E-state index in [1.54, 1.807) is 24.6 Å². The van der Waals surface area contributed by atoms with Crippen LogP contribution >= 0.6 is 15.9 Å². The van der Waals surface area contributed by atoms with Crippen LogP contribution in [0.1, 0.15) is 22.4 Å². The van der Waals surface area contributed by atoms with Crippen LogP contribution in [0.25, 0.3) is 0 Å². The van der Waals surface area contributed by atoms with Crippen LogP contribution in [-0.2, 0) is 12.4 Å². The molecule has 112 valence electrons. The van der Waals surface area contributed by atoms with Gasteiger partial charge in [-0.05, 0) is 32.4 Å². The molecule has 0 bridgehead atoms. The third-order valence-corrected chi connectivity index (χ3v) is 3.88. The van der Waals surface area contributed by atoms with Crippen molar-refractivity contribution in [3.63, 3.8) is 0 Å². The number of alkyl halides is 1. The minimum Gasteiger partial charge on any atom is -0.439 e. The Morgan fingerprint density at radius 2 is 2.00 bits per heavy atom. The van der Waals surface area contributed by atoms with Crippen molar-refractivity contribution in [2.75, 3.05) is 0 Å². The Labute approximate surface area is 131 Å². The summed E-state index contributed by atoms with van der Waals surface area (Å²) in [6.45, 7) is 5.40. The van der Waals surface area contributed by atoms with Gasteiger partial charge in [-0.1, -0.05) is 15.9 Å². The van der Waals surface area contributed by atoms with E-state index >= 15 is 0 Å². The number of aromatic nitrogens is 2. The maximum absolute atomic E-state index is 10.9. The van der Waals surface area contributed by atoms with Gasteiger partial charge in [0.25, 0.3) is 5.69 Å². The summed E-state index contributed by atoms with van der Waals surface area (Å²) in [7, 11) is 1.81. The van der Waals surface area contributed by atoms with Crippen molar-refractivity contribution in [2.24, 2.45) is 7.05 Å². The van der Waals surface area contributed by atoms with Crippen molar-refractivity contribution < 1.29 is 9.66 Å². The van der Waals surface area contributed by atoms with Gasteiger partial charge in [0, 0.05) is 29.6 Å². The molecular formula is C14H16BrN3O3. The van der Waals surface area contributed by atoms with Crippen LogP contribution in [0.3, 0.4) is 0 Å². The molecule has 7 heteroatoms. The van der Waals surface area contributed by atoms with E-state index < -0.39 is 0 Å². The molecule has 1 heterocycles. The summed E-state index contributed by atoms with van der Waals surface area (Å²) in [6.07, 6.45) is 0. The minimum atomic E-state index is -0.385. The average molecular weight is 354 g/mol. The summed E-state index contributed by atoms with van der Waals surface area (Å²) in [5.74, 6) is 1.24. The van der Waals surface area contributed by atoms with Gasteiger partial charge >= 0.3 is 0 Å². The first-order valence-corrected chi connectivity index (χ1v) is 7.49. The third kappa shape index (κ3) is 2.92. The zero-order valence-corrected chi connectivity index (χ0v) is 13.9. The Bertz CT molecular complexity index is 710. The van der Waals surface area contributed by atoms with Crippen LogP contribution in [0.5, 0.6) is 11.6 Å². The zero-order valence-electron chi connectivity index (χ0n) is 12.3. The Morgan fingerprint density at radius 1 is 1.33 bits per heavy atom. The monoisotopic (exact) mass is 353 g/mol. The molecule has 1 aromatic heterocycles. The first-order chi connectivity index (χ1) is 9.85. The van der Waals surface area contributed by atoms with Gasteiger partial charge in [-0.15, -0.1) is 0 Å². The summed E-state index contributed by atoms with van der Waals surface area (Å²) in [5, 5.41) is 15.9. The first kappa shape index (κ1) is 15.5. The molecule has 0 spiro atoms. The first-order valence-electron chi connectivity index (χ1n) is 6.37. The molecule has 0 saturated carbocycles. The largest absolute Gasteiger partial charge is 0.439 e. The van der Waals surface area contributed by atoms with Gasteiger partial charge in [-0.3, -0.25) is 10.1 Å². The van der Waals surface area contributed by atoms with E-state index in [1.807, 2.05) is 14.0 Å². The minimum absolute atomic E-state index is 0.0988. The third-order valence-electron chi connectivity index (χ3n) is 3.32. The number of ether oxygens (including phenoxy) is 1. The van der Waals surface area contributed by atoms with Crippen LogP contribution < -0.4 is 4.74 Å². The highest BCUT2D eigenvalue weighted by atomic mass is 79.9. The molecule has 0 amide bonds. The molecule has 0 aliphatic heterocycles. The normalized spacial score (nSPS) is 10.7. The number of hydrogen-bond donors (Lipinski definition) is 0. The molecule has 2 rings (SSSR count). The number of aryl methyl sites for hydroxylation is 4. The zero-order chi connectivity index (χ0) is 15.7. The fourth-order valence-electron chi connectivity index (χ4n) is 2.15. The number of hydrogen-bond acceptors (Lipinski definition) is 4. The predicted octanol–water partition coefficient (Wildman–Crippen LogP) is 3.94. The van der Waals surface area contributed by atoms with Gasteiger partial charge in [0.05, 0.1) is 10.6 Å². The Hall–Kier alpha value is -1.89. The van der Waals surface area contributed by atoms with Crippen molar-refractivity contribution >= 4 is 21.6 Å². The van der Waals surface area contributed by atoms with Crippen molar-refractivity contribution in [3.05, 3.63) is 44.6 Å². The van der Waals surface area contributed by atoms with Crippen molar-refractivity contribution in [1.82, 2.24) is 9.78 Å². The fraction of sp³-hybridized carbons (Fsp3) is 0.357. The topological polar surface area (TPSA) is 70.2 Å². The highest BCUT2D eigenvalue weighted by Gasteiger charge is 2.18. The molecule has 0 aliphatic rings. The fourth-order valence-corrected chi connectivity index (χ4v) is 2.79. The quantitative estimate of drug-likeness (QED) is 0.474. The number of nitro benzene ring substituents is 1. The summed E-state index contributed by atoms with van der Waals surface area (Å²) in [6, 6.07) is 3.22. The van der Waals surface area contributed by atoms with E-state index in [1.165, 1.54) is 6.07 Å². The second-order valence-electron chi connectivity index (χ2n) is 4.89.